The van der Waals surface area contributed by atoms with Gasteiger partial charge >= 0.3 is 0 Å². The fourth-order valence-electron chi connectivity index (χ4n) is 1.45. The maximum absolute atomic E-state index is 5.38. The van der Waals surface area contributed by atoms with Crippen molar-refractivity contribution in [3.8, 4) is 0 Å². The van der Waals surface area contributed by atoms with Crippen LogP contribution < -0.4 is 0 Å². The maximum atomic E-state index is 5.38. The first kappa shape index (κ1) is 16.4. The molecule has 2 aromatic rings. The maximum Gasteiger partial charge on any atom is 0.0857 e. The van der Waals surface area contributed by atoms with Gasteiger partial charge in [0.05, 0.1) is 11.4 Å². The van der Waals surface area contributed by atoms with E-state index in [1.165, 1.54) is 19.3 Å². The number of unbranched alkanes of at least 4 members (excludes halogenated alkanes) is 2. The molecule has 0 atom stereocenters. The molecule has 0 aliphatic heterocycles. The molecule has 0 aliphatic rings. The number of nitrogens with zero attached hydrogens (tertiary/aromatic N) is 2. The Labute approximate surface area is 126 Å². The SMILES string of the molecule is CCCCCCl.c1ccc(/N=N/c2ccccc2)cc1. The van der Waals surface area contributed by atoms with Crippen LogP contribution >= 0.6 is 11.6 Å². The summed E-state index contributed by atoms with van der Waals surface area (Å²) < 4.78 is 0. The summed E-state index contributed by atoms with van der Waals surface area (Å²) in [6.45, 7) is 2.17. The largest absolute Gasteiger partial charge is 0.151 e. The summed E-state index contributed by atoms with van der Waals surface area (Å²) >= 11 is 5.38. The van der Waals surface area contributed by atoms with Crippen LogP contribution in [0.1, 0.15) is 26.2 Å². The van der Waals surface area contributed by atoms with Crippen molar-refractivity contribution in [2.45, 2.75) is 26.2 Å². The van der Waals surface area contributed by atoms with Crippen molar-refractivity contribution in [3.63, 3.8) is 0 Å². The lowest BCUT2D eigenvalue weighted by Gasteiger charge is -1.91. The van der Waals surface area contributed by atoms with E-state index in [4.69, 9.17) is 11.6 Å². The van der Waals surface area contributed by atoms with Gasteiger partial charge in [0.15, 0.2) is 0 Å². The van der Waals surface area contributed by atoms with E-state index in [0.29, 0.717) is 0 Å². The van der Waals surface area contributed by atoms with Crippen LogP contribution in [0.2, 0.25) is 0 Å². The van der Waals surface area contributed by atoms with Crippen molar-refractivity contribution in [1.82, 2.24) is 0 Å². The highest BCUT2D eigenvalue weighted by Crippen LogP contribution is 2.16. The highest BCUT2D eigenvalue weighted by Gasteiger charge is 1.86. The van der Waals surface area contributed by atoms with Crippen molar-refractivity contribution < 1.29 is 0 Å². The molecule has 0 fully saturated rings. The lowest BCUT2D eigenvalue weighted by molar-refractivity contribution is 0.776. The third-order valence-corrected chi connectivity index (χ3v) is 2.80. The Bertz CT molecular complexity index is 423. The third kappa shape index (κ3) is 7.70. The monoisotopic (exact) mass is 288 g/mol. The summed E-state index contributed by atoms with van der Waals surface area (Å²) in [5, 5.41) is 8.20. The number of rotatable bonds is 5. The summed E-state index contributed by atoms with van der Waals surface area (Å²) in [5.41, 5.74) is 1.74. The first-order valence-electron chi connectivity index (χ1n) is 6.94. The summed E-state index contributed by atoms with van der Waals surface area (Å²) in [6.07, 6.45) is 3.73. The van der Waals surface area contributed by atoms with Crippen LogP contribution in [0.3, 0.4) is 0 Å². The van der Waals surface area contributed by atoms with Gasteiger partial charge in [0, 0.05) is 5.88 Å². The molecule has 0 spiro atoms. The molecule has 0 unspecified atom stereocenters. The van der Waals surface area contributed by atoms with Crippen LogP contribution in [-0.4, -0.2) is 5.88 Å². The molecule has 2 nitrogen and oxygen atoms in total. The number of azo groups is 1. The first-order valence-corrected chi connectivity index (χ1v) is 7.48. The number of hydrogen-bond acceptors (Lipinski definition) is 2. The first-order chi connectivity index (χ1) is 9.86. The van der Waals surface area contributed by atoms with Crippen molar-refractivity contribution in [2.75, 3.05) is 5.88 Å². The van der Waals surface area contributed by atoms with Crippen molar-refractivity contribution in [2.24, 2.45) is 10.2 Å². The molecule has 0 heterocycles. The molecule has 0 amide bonds. The Morgan fingerprint density at radius 2 is 1.20 bits per heavy atom. The standard InChI is InChI=1S/C12H10N2.C5H11Cl/c1-3-7-11(8-4-1)13-14-12-9-5-2-6-10-12;1-2-3-4-5-6/h1-10H;2-5H2,1H3/b14-13+;. The Kier molecular flexibility index (Phi) is 9.16. The van der Waals surface area contributed by atoms with Gasteiger partial charge in [-0.3, -0.25) is 0 Å². The topological polar surface area (TPSA) is 24.7 Å². The van der Waals surface area contributed by atoms with Crippen LogP contribution in [0.4, 0.5) is 11.4 Å². The van der Waals surface area contributed by atoms with Gasteiger partial charge in [-0.2, -0.15) is 10.2 Å². The predicted octanol–water partition coefficient (Wildman–Crippen LogP) is 6.52. The van der Waals surface area contributed by atoms with Gasteiger partial charge in [-0.1, -0.05) is 56.2 Å². The number of halogens is 1. The van der Waals surface area contributed by atoms with Gasteiger partial charge < -0.3 is 0 Å². The molecule has 2 aromatic carbocycles. The summed E-state index contributed by atoms with van der Waals surface area (Å²) in [5.74, 6) is 0.827. The predicted molar refractivity (Wildman–Crippen MR) is 87.3 cm³/mol. The minimum Gasteiger partial charge on any atom is -0.151 e. The van der Waals surface area contributed by atoms with Gasteiger partial charge in [-0.25, -0.2) is 0 Å². The molecule has 0 bridgehead atoms. The van der Waals surface area contributed by atoms with E-state index in [0.717, 1.165) is 17.3 Å². The van der Waals surface area contributed by atoms with Gasteiger partial charge in [0.1, 0.15) is 0 Å². The van der Waals surface area contributed by atoms with Crippen LogP contribution in [0.5, 0.6) is 0 Å². The Hall–Kier alpha value is -1.67. The van der Waals surface area contributed by atoms with Gasteiger partial charge in [-0.05, 0) is 30.7 Å². The zero-order chi connectivity index (χ0) is 14.5. The minimum absolute atomic E-state index is 0.827. The fourth-order valence-corrected chi connectivity index (χ4v) is 1.64. The van der Waals surface area contributed by atoms with Crippen molar-refractivity contribution in [3.05, 3.63) is 60.7 Å². The Balaban J connectivity index is 0.000000286. The number of alkyl halides is 1. The summed E-state index contributed by atoms with van der Waals surface area (Å²) in [6, 6.07) is 19.4. The second-order valence-electron chi connectivity index (χ2n) is 4.27. The zero-order valence-corrected chi connectivity index (χ0v) is 12.6. The third-order valence-electron chi connectivity index (χ3n) is 2.53. The summed E-state index contributed by atoms with van der Waals surface area (Å²) in [7, 11) is 0. The molecular formula is C17H21ClN2. The van der Waals surface area contributed by atoms with E-state index in [1.807, 2.05) is 60.7 Å². The van der Waals surface area contributed by atoms with Gasteiger partial charge in [0.2, 0.25) is 0 Å². The number of benzene rings is 2. The average Bonchev–Trinajstić information content (AvgIpc) is 2.53. The van der Waals surface area contributed by atoms with Crippen molar-refractivity contribution >= 4 is 23.0 Å². The minimum atomic E-state index is 0.827. The Morgan fingerprint density at radius 1 is 0.750 bits per heavy atom. The van der Waals surface area contributed by atoms with E-state index >= 15 is 0 Å². The average molecular weight is 289 g/mol. The zero-order valence-electron chi connectivity index (χ0n) is 11.9. The molecule has 0 saturated carbocycles. The van der Waals surface area contributed by atoms with Crippen molar-refractivity contribution in [1.29, 1.82) is 0 Å². The fraction of sp³-hybridized carbons (Fsp3) is 0.294. The van der Waals surface area contributed by atoms with E-state index in [-0.39, 0.29) is 0 Å². The highest BCUT2D eigenvalue weighted by atomic mass is 35.5. The second-order valence-corrected chi connectivity index (χ2v) is 4.65. The molecule has 20 heavy (non-hydrogen) atoms. The molecule has 3 heteroatoms. The molecule has 0 aliphatic carbocycles. The molecule has 0 N–H and O–H groups in total. The lowest BCUT2D eigenvalue weighted by atomic mass is 10.3. The molecule has 0 radical (unpaired) electrons. The molecule has 0 saturated heterocycles. The van der Waals surface area contributed by atoms with E-state index in [9.17, 15) is 0 Å². The molecule has 2 rings (SSSR count). The Morgan fingerprint density at radius 3 is 1.50 bits per heavy atom. The normalized spacial score (nSPS) is 10.1. The number of hydrogen-bond donors (Lipinski definition) is 0. The summed E-state index contributed by atoms with van der Waals surface area (Å²) in [4.78, 5) is 0. The van der Waals surface area contributed by atoms with E-state index < -0.39 is 0 Å². The molecule has 106 valence electrons. The molecule has 0 aromatic heterocycles. The van der Waals surface area contributed by atoms with E-state index in [2.05, 4.69) is 17.2 Å². The lowest BCUT2D eigenvalue weighted by Crippen LogP contribution is -1.70. The highest BCUT2D eigenvalue weighted by molar-refractivity contribution is 6.17. The van der Waals surface area contributed by atoms with Crippen LogP contribution in [-0.2, 0) is 0 Å². The quantitative estimate of drug-likeness (QED) is 0.340. The van der Waals surface area contributed by atoms with Crippen LogP contribution in [0, 0.1) is 0 Å². The molecular weight excluding hydrogens is 268 g/mol. The van der Waals surface area contributed by atoms with Crippen LogP contribution in [0.15, 0.2) is 70.9 Å². The van der Waals surface area contributed by atoms with E-state index in [1.54, 1.807) is 0 Å². The van der Waals surface area contributed by atoms with Gasteiger partial charge in [-0.15, -0.1) is 11.6 Å². The second kappa shape index (κ2) is 11.2. The van der Waals surface area contributed by atoms with Crippen LogP contribution in [0.25, 0.3) is 0 Å². The van der Waals surface area contributed by atoms with Gasteiger partial charge in [0.25, 0.3) is 0 Å². The smallest absolute Gasteiger partial charge is 0.0857 e.